The Morgan fingerprint density at radius 2 is 1.89 bits per heavy atom. The minimum absolute atomic E-state index is 0.0563. The van der Waals surface area contributed by atoms with Crippen LogP contribution in [-0.2, 0) is 10.2 Å². The maximum Gasteiger partial charge on any atom is 0.268 e. The zero-order chi connectivity index (χ0) is 20.5. The van der Waals surface area contributed by atoms with E-state index in [1.807, 2.05) is 12.1 Å². The van der Waals surface area contributed by atoms with E-state index in [-0.39, 0.29) is 17.1 Å². The lowest BCUT2D eigenvalue weighted by atomic mass is 9.74. The van der Waals surface area contributed by atoms with E-state index in [0.717, 1.165) is 18.4 Å². The van der Waals surface area contributed by atoms with Crippen molar-refractivity contribution in [3.63, 3.8) is 0 Å². The number of hydrogen-bond donors (Lipinski definition) is 2. The van der Waals surface area contributed by atoms with Gasteiger partial charge in [0.05, 0.1) is 0 Å². The number of carbonyl (C=O) groups excluding carboxylic acids is 2. The van der Waals surface area contributed by atoms with E-state index >= 15 is 0 Å². The van der Waals surface area contributed by atoms with E-state index in [9.17, 15) is 9.59 Å². The topological polar surface area (TPSA) is 71.2 Å². The molecule has 2 aromatic rings. The van der Waals surface area contributed by atoms with Gasteiger partial charge in [-0.05, 0) is 56.9 Å². The number of H-pyrrole nitrogens is 1. The van der Waals surface area contributed by atoms with Crippen molar-refractivity contribution in [2.75, 3.05) is 19.8 Å². The molecule has 2 heterocycles. The Labute approximate surface area is 174 Å². The summed E-state index contributed by atoms with van der Waals surface area (Å²) in [7, 11) is 0. The number of ketones is 1. The highest BCUT2D eigenvalue weighted by Gasteiger charge is 2.37. The molecule has 0 saturated carbocycles. The van der Waals surface area contributed by atoms with E-state index in [0.29, 0.717) is 52.3 Å². The van der Waals surface area contributed by atoms with Crippen molar-refractivity contribution in [1.29, 1.82) is 0 Å². The normalized spacial score (nSPS) is 16.0. The van der Waals surface area contributed by atoms with Crippen molar-refractivity contribution < 1.29 is 14.3 Å². The number of rotatable bonds is 5. The molecule has 0 atom stereocenters. The minimum atomic E-state index is -0.325. The first kappa shape index (κ1) is 20.9. The van der Waals surface area contributed by atoms with Gasteiger partial charge in [0.1, 0.15) is 5.69 Å². The number of Topliss-reactive ketones (excluding diaryl/α,β-unsaturated/α-hetero) is 1. The predicted molar refractivity (Wildman–Crippen MR) is 111 cm³/mol. The first-order chi connectivity index (χ1) is 13.2. The van der Waals surface area contributed by atoms with Gasteiger partial charge < -0.3 is 15.0 Å². The molecule has 0 spiro atoms. The molecule has 1 aliphatic rings. The van der Waals surface area contributed by atoms with E-state index in [1.54, 1.807) is 19.9 Å². The number of ether oxygens (including phenoxy) is 1. The third kappa shape index (κ3) is 3.97. The van der Waals surface area contributed by atoms with Crippen LogP contribution in [0.2, 0.25) is 10.0 Å². The molecule has 1 aliphatic heterocycles. The number of carbonyl (C=O) groups is 2. The van der Waals surface area contributed by atoms with Crippen molar-refractivity contribution in [2.45, 2.75) is 39.0 Å². The third-order valence-electron chi connectivity index (χ3n) is 5.56. The summed E-state index contributed by atoms with van der Waals surface area (Å²) in [6.07, 6.45) is 1.49. The van der Waals surface area contributed by atoms with Gasteiger partial charge in [-0.3, -0.25) is 9.59 Å². The van der Waals surface area contributed by atoms with Crippen molar-refractivity contribution in [3.8, 4) is 0 Å². The molecule has 1 saturated heterocycles. The average molecular weight is 423 g/mol. The van der Waals surface area contributed by atoms with Gasteiger partial charge in [0.15, 0.2) is 5.78 Å². The molecule has 0 unspecified atom stereocenters. The van der Waals surface area contributed by atoms with Crippen LogP contribution in [0.25, 0.3) is 0 Å². The molecule has 1 aromatic carbocycles. The van der Waals surface area contributed by atoms with Gasteiger partial charge in [0, 0.05) is 46.5 Å². The molecule has 0 radical (unpaired) electrons. The van der Waals surface area contributed by atoms with Crippen LogP contribution < -0.4 is 5.32 Å². The Hall–Kier alpha value is -1.82. The fraction of sp³-hybridized carbons (Fsp3) is 0.429. The molecule has 0 aliphatic carbocycles. The summed E-state index contributed by atoms with van der Waals surface area (Å²) in [5, 5.41) is 4.21. The summed E-state index contributed by atoms with van der Waals surface area (Å²) < 4.78 is 5.54. The molecular formula is C21H24Cl2N2O3. The molecule has 3 rings (SSSR count). The highest BCUT2D eigenvalue weighted by molar-refractivity contribution is 6.35. The first-order valence-corrected chi connectivity index (χ1v) is 10.0. The fourth-order valence-electron chi connectivity index (χ4n) is 4.07. The molecule has 1 amide bonds. The van der Waals surface area contributed by atoms with Crippen LogP contribution in [0.4, 0.5) is 0 Å². The molecule has 7 heteroatoms. The van der Waals surface area contributed by atoms with Gasteiger partial charge >= 0.3 is 0 Å². The minimum Gasteiger partial charge on any atom is -0.381 e. The molecule has 1 aromatic heterocycles. The molecular weight excluding hydrogens is 399 g/mol. The molecule has 1 fully saturated rings. The molecule has 150 valence electrons. The summed E-state index contributed by atoms with van der Waals surface area (Å²) in [5.41, 5.74) is 3.02. The van der Waals surface area contributed by atoms with Crippen LogP contribution >= 0.6 is 23.2 Å². The van der Waals surface area contributed by atoms with Gasteiger partial charge in [0.25, 0.3) is 5.91 Å². The maximum atomic E-state index is 12.9. The van der Waals surface area contributed by atoms with E-state index < -0.39 is 0 Å². The lowest BCUT2D eigenvalue weighted by Crippen LogP contribution is -2.45. The largest absolute Gasteiger partial charge is 0.381 e. The second-order valence-electron chi connectivity index (χ2n) is 7.38. The number of hydrogen-bond acceptors (Lipinski definition) is 3. The van der Waals surface area contributed by atoms with Crippen molar-refractivity contribution in [1.82, 2.24) is 10.3 Å². The molecule has 5 nitrogen and oxygen atoms in total. The third-order valence-corrected chi connectivity index (χ3v) is 6.10. The smallest absolute Gasteiger partial charge is 0.268 e. The Balaban J connectivity index is 1.86. The second kappa shape index (κ2) is 8.27. The van der Waals surface area contributed by atoms with Crippen LogP contribution in [0.3, 0.4) is 0 Å². The lowest BCUT2D eigenvalue weighted by Gasteiger charge is -2.38. The predicted octanol–water partition coefficient (Wildman–Crippen LogP) is 4.62. The SMILES string of the molecule is CC(=O)c1c(C)[nH]c(C(=O)NCC2(c3ccc(Cl)cc3Cl)CCOCC2)c1C. The van der Waals surface area contributed by atoms with E-state index in [2.05, 4.69) is 10.3 Å². The number of halogens is 2. The Morgan fingerprint density at radius 1 is 1.21 bits per heavy atom. The monoisotopic (exact) mass is 422 g/mol. The van der Waals surface area contributed by atoms with Crippen molar-refractivity contribution in [3.05, 3.63) is 56.3 Å². The van der Waals surface area contributed by atoms with Crippen molar-refractivity contribution in [2.24, 2.45) is 0 Å². The number of aryl methyl sites for hydroxylation is 1. The highest BCUT2D eigenvalue weighted by Crippen LogP contribution is 2.39. The van der Waals surface area contributed by atoms with Crippen LogP contribution in [0.15, 0.2) is 18.2 Å². The summed E-state index contributed by atoms with van der Waals surface area (Å²) in [5.74, 6) is -0.289. The Kier molecular flexibility index (Phi) is 6.18. The number of amides is 1. The van der Waals surface area contributed by atoms with Crippen LogP contribution in [0.1, 0.15) is 57.4 Å². The molecule has 2 N–H and O–H groups in total. The molecule has 0 bridgehead atoms. The van der Waals surface area contributed by atoms with Gasteiger partial charge in [-0.1, -0.05) is 29.3 Å². The van der Waals surface area contributed by atoms with Gasteiger partial charge in [-0.2, -0.15) is 0 Å². The Morgan fingerprint density at radius 3 is 2.46 bits per heavy atom. The highest BCUT2D eigenvalue weighted by atomic mass is 35.5. The standard InChI is InChI=1S/C21H24Cl2N2O3/c1-12-18(14(3)26)13(2)25-19(12)20(27)24-11-21(6-8-28-9-7-21)16-5-4-15(22)10-17(16)23/h4-5,10,25H,6-9,11H2,1-3H3,(H,24,27). The van der Waals surface area contributed by atoms with Crippen LogP contribution in [0, 0.1) is 13.8 Å². The maximum absolute atomic E-state index is 12.9. The fourth-order valence-corrected chi connectivity index (χ4v) is 4.68. The number of aromatic nitrogens is 1. The zero-order valence-corrected chi connectivity index (χ0v) is 17.8. The Bertz CT molecular complexity index is 915. The quantitative estimate of drug-likeness (QED) is 0.690. The number of nitrogens with one attached hydrogen (secondary N) is 2. The zero-order valence-electron chi connectivity index (χ0n) is 16.2. The van der Waals surface area contributed by atoms with Gasteiger partial charge in [-0.25, -0.2) is 0 Å². The van der Waals surface area contributed by atoms with Crippen LogP contribution in [0.5, 0.6) is 0 Å². The molecule has 28 heavy (non-hydrogen) atoms. The average Bonchev–Trinajstić information content (AvgIpc) is 2.95. The number of aromatic amines is 1. The lowest BCUT2D eigenvalue weighted by molar-refractivity contribution is 0.0487. The number of benzene rings is 1. The van der Waals surface area contributed by atoms with Gasteiger partial charge in [-0.15, -0.1) is 0 Å². The van der Waals surface area contributed by atoms with Crippen molar-refractivity contribution >= 4 is 34.9 Å². The van der Waals surface area contributed by atoms with E-state index in [4.69, 9.17) is 27.9 Å². The summed E-state index contributed by atoms with van der Waals surface area (Å²) >= 11 is 12.5. The summed E-state index contributed by atoms with van der Waals surface area (Å²) in [6.45, 7) is 6.71. The second-order valence-corrected chi connectivity index (χ2v) is 8.22. The van der Waals surface area contributed by atoms with Gasteiger partial charge in [0.2, 0.25) is 0 Å². The first-order valence-electron chi connectivity index (χ1n) is 9.27. The van der Waals surface area contributed by atoms with Crippen LogP contribution in [-0.4, -0.2) is 36.4 Å². The summed E-state index contributed by atoms with van der Waals surface area (Å²) in [6, 6.07) is 5.48. The van der Waals surface area contributed by atoms with E-state index in [1.165, 1.54) is 6.92 Å². The summed E-state index contributed by atoms with van der Waals surface area (Å²) in [4.78, 5) is 27.8.